The van der Waals surface area contributed by atoms with Gasteiger partial charge in [-0.3, -0.25) is 0 Å². The molecule has 0 fully saturated rings. The van der Waals surface area contributed by atoms with Crippen LogP contribution in [0.5, 0.6) is 0 Å². The fourth-order valence-electron chi connectivity index (χ4n) is 1.29. The second kappa shape index (κ2) is 4.66. The van der Waals surface area contributed by atoms with Crippen LogP contribution in [-0.2, 0) is 4.74 Å². The van der Waals surface area contributed by atoms with Gasteiger partial charge in [0.1, 0.15) is 11.8 Å². The third-order valence-corrected chi connectivity index (χ3v) is 2.12. The number of alkyl halides is 2. The second-order valence-electron chi connectivity index (χ2n) is 2.96. The van der Waals surface area contributed by atoms with E-state index in [-0.39, 0.29) is 16.8 Å². The lowest BCUT2D eigenvalue weighted by Crippen LogP contribution is -2.09. The van der Waals surface area contributed by atoms with Crippen LogP contribution in [0.2, 0.25) is 0 Å². The first-order valence-electron chi connectivity index (χ1n) is 4.29. The van der Waals surface area contributed by atoms with Crippen molar-refractivity contribution in [3.63, 3.8) is 0 Å². The van der Waals surface area contributed by atoms with E-state index in [1.165, 1.54) is 6.92 Å². The molecule has 0 amide bonds. The van der Waals surface area contributed by atoms with Crippen LogP contribution in [-0.4, -0.2) is 18.1 Å². The number of halogens is 2. The van der Waals surface area contributed by atoms with E-state index in [4.69, 9.17) is 5.26 Å². The van der Waals surface area contributed by atoms with Gasteiger partial charge in [0.2, 0.25) is 0 Å². The molecule has 0 aromatic carbocycles. The molecule has 1 heterocycles. The molecule has 0 radical (unpaired) electrons. The van der Waals surface area contributed by atoms with Gasteiger partial charge in [-0.2, -0.15) is 5.26 Å². The first-order chi connectivity index (χ1) is 7.52. The van der Waals surface area contributed by atoms with Crippen LogP contribution in [0.1, 0.15) is 33.6 Å². The van der Waals surface area contributed by atoms with Crippen molar-refractivity contribution in [1.82, 2.24) is 4.98 Å². The Bertz CT molecular complexity index is 467. The minimum absolute atomic E-state index is 0.0217. The predicted octanol–water partition coefficient (Wildman–Crippen LogP) is 1.99. The van der Waals surface area contributed by atoms with Gasteiger partial charge in [-0.15, -0.1) is 0 Å². The van der Waals surface area contributed by atoms with E-state index in [0.29, 0.717) is 0 Å². The van der Waals surface area contributed by atoms with Gasteiger partial charge < -0.3 is 4.74 Å². The smallest absolute Gasteiger partial charge is 0.339 e. The molecule has 0 saturated heterocycles. The molecule has 0 aliphatic carbocycles. The average molecular weight is 226 g/mol. The minimum atomic E-state index is -2.85. The number of ether oxygens (including phenoxy) is 1. The number of hydrogen-bond acceptors (Lipinski definition) is 4. The first kappa shape index (κ1) is 12.0. The molecule has 1 aromatic rings. The van der Waals surface area contributed by atoms with Crippen molar-refractivity contribution >= 4 is 5.97 Å². The van der Waals surface area contributed by atoms with Crippen molar-refractivity contribution in [2.75, 3.05) is 7.11 Å². The number of nitrogens with zero attached hydrogens (tertiary/aromatic N) is 2. The molecule has 0 atom stereocenters. The van der Waals surface area contributed by atoms with Gasteiger partial charge in [0.05, 0.1) is 18.2 Å². The van der Waals surface area contributed by atoms with Gasteiger partial charge in [-0.25, -0.2) is 18.6 Å². The van der Waals surface area contributed by atoms with Gasteiger partial charge in [-0.05, 0) is 12.5 Å². The maximum atomic E-state index is 12.7. The minimum Gasteiger partial charge on any atom is -0.465 e. The Morgan fingerprint density at radius 2 is 2.25 bits per heavy atom. The third-order valence-electron chi connectivity index (χ3n) is 2.12. The van der Waals surface area contributed by atoms with Gasteiger partial charge in [0, 0.05) is 6.20 Å². The molecule has 1 rings (SSSR count). The fourth-order valence-corrected chi connectivity index (χ4v) is 1.29. The highest BCUT2D eigenvalue weighted by atomic mass is 19.3. The molecule has 0 saturated carbocycles. The van der Waals surface area contributed by atoms with Crippen LogP contribution < -0.4 is 0 Å². The number of carbonyl (C=O) groups is 1. The molecule has 16 heavy (non-hydrogen) atoms. The molecule has 4 nitrogen and oxygen atoms in total. The van der Waals surface area contributed by atoms with Crippen molar-refractivity contribution in [1.29, 1.82) is 5.26 Å². The van der Waals surface area contributed by atoms with Crippen LogP contribution >= 0.6 is 0 Å². The molecule has 0 N–H and O–H groups in total. The highest BCUT2D eigenvalue weighted by molar-refractivity contribution is 5.91. The standard InChI is InChI=1S/C10H8F2N2O2/c1-5-6(10(15)16-2)4-14-7(3-13)8(5)9(11)12/h4,9H,1-2H3. The first-order valence-corrected chi connectivity index (χ1v) is 4.29. The van der Waals surface area contributed by atoms with E-state index in [1.54, 1.807) is 6.07 Å². The monoisotopic (exact) mass is 226 g/mol. The summed E-state index contributed by atoms with van der Waals surface area (Å²) in [6.45, 7) is 1.33. The summed E-state index contributed by atoms with van der Waals surface area (Å²) in [5, 5.41) is 8.62. The SMILES string of the molecule is COC(=O)c1cnc(C#N)c(C(F)F)c1C. The molecule has 1 aromatic heterocycles. The number of pyridine rings is 1. The Morgan fingerprint density at radius 1 is 1.62 bits per heavy atom. The second-order valence-corrected chi connectivity index (χ2v) is 2.96. The highest BCUT2D eigenvalue weighted by Gasteiger charge is 2.22. The number of carbonyl (C=O) groups excluding carboxylic acids is 1. The summed E-state index contributed by atoms with van der Waals surface area (Å²) in [5.41, 5.74) is -0.934. The van der Waals surface area contributed by atoms with Crippen molar-refractivity contribution < 1.29 is 18.3 Å². The number of hydrogen-bond donors (Lipinski definition) is 0. The summed E-state index contributed by atoms with van der Waals surface area (Å²) in [4.78, 5) is 14.7. The Morgan fingerprint density at radius 3 is 2.69 bits per heavy atom. The Labute approximate surface area is 90.5 Å². The van der Waals surface area contributed by atoms with Crippen LogP contribution in [0.15, 0.2) is 6.20 Å². The lowest BCUT2D eigenvalue weighted by molar-refractivity contribution is 0.0598. The Hall–Kier alpha value is -2.03. The molecule has 84 valence electrons. The van der Waals surface area contributed by atoms with Gasteiger partial charge in [0.25, 0.3) is 6.43 Å². The molecule has 0 spiro atoms. The molecule has 0 aliphatic rings. The van der Waals surface area contributed by atoms with Gasteiger partial charge in [-0.1, -0.05) is 0 Å². The molecular formula is C10H8F2N2O2. The zero-order valence-corrected chi connectivity index (χ0v) is 8.62. The van der Waals surface area contributed by atoms with E-state index in [2.05, 4.69) is 9.72 Å². The molecule has 6 heteroatoms. The topological polar surface area (TPSA) is 63.0 Å². The van der Waals surface area contributed by atoms with Crippen LogP contribution in [0.3, 0.4) is 0 Å². The summed E-state index contributed by atoms with van der Waals surface area (Å²) in [6, 6.07) is 1.56. The lowest BCUT2D eigenvalue weighted by Gasteiger charge is -2.09. The molecular weight excluding hydrogens is 218 g/mol. The fraction of sp³-hybridized carbons (Fsp3) is 0.300. The Balaban J connectivity index is 3.45. The lowest BCUT2D eigenvalue weighted by atomic mass is 10.0. The van der Waals surface area contributed by atoms with Crippen molar-refractivity contribution in [3.8, 4) is 6.07 Å². The highest BCUT2D eigenvalue weighted by Crippen LogP contribution is 2.27. The Kier molecular flexibility index (Phi) is 3.51. The van der Waals surface area contributed by atoms with E-state index < -0.39 is 18.0 Å². The quantitative estimate of drug-likeness (QED) is 0.723. The van der Waals surface area contributed by atoms with Crippen LogP contribution in [0.25, 0.3) is 0 Å². The number of methoxy groups -OCH3 is 1. The van der Waals surface area contributed by atoms with Gasteiger partial charge >= 0.3 is 5.97 Å². The molecule has 0 aliphatic heterocycles. The molecule has 0 bridgehead atoms. The summed E-state index contributed by atoms with van der Waals surface area (Å²) in [7, 11) is 1.14. The van der Waals surface area contributed by atoms with E-state index >= 15 is 0 Å². The zero-order chi connectivity index (χ0) is 12.3. The maximum Gasteiger partial charge on any atom is 0.339 e. The van der Waals surface area contributed by atoms with Crippen LogP contribution in [0.4, 0.5) is 8.78 Å². The predicted molar refractivity (Wildman–Crippen MR) is 50.0 cm³/mol. The third kappa shape index (κ3) is 1.98. The molecule has 0 unspecified atom stereocenters. The average Bonchev–Trinajstić information content (AvgIpc) is 2.26. The van der Waals surface area contributed by atoms with Crippen molar-refractivity contribution in [2.24, 2.45) is 0 Å². The number of nitriles is 1. The normalized spacial score (nSPS) is 10.0. The number of rotatable bonds is 2. The summed E-state index contributed by atoms with van der Waals surface area (Å²) < 4.78 is 29.8. The van der Waals surface area contributed by atoms with E-state index in [1.807, 2.05) is 0 Å². The maximum absolute atomic E-state index is 12.7. The summed E-state index contributed by atoms with van der Waals surface area (Å²) in [5.74, 6) is -0.753. The summed E-state index contributed by atoms with van der Waals surface area (Å²) in [6.07, 6.45) is -1.79. The van der Waals surface area contributed by atoms with Gasteiger partial charge in [0.15, 0.2) is 0 Å². The van der Waals surface area contributed by atoms with Crippen molar-refractivity contribution in [2.45, 2.75) is 13.3 Å². The van der Waals surface area contributed by atoms with E-state index in [9.17, 15) is 13.6 Å². The largest absolute Gasteiger partial charge is 0.465 e. The van der Waals surface area contributed by atoms with Crippen molar-refractivity contribution in [3.05, 3.63) is 28.6 Å². The number of aromatic nitrogens is 1. The van der Waals surface area contributed by atoms with Crippen LogP contribution in [0, 0.1) is 18.3 Å². The zero-order valence-electron chi connectivity index (χ0n) is 8.62. The number of esters is 1. The summed E-state index contributed by atoms with van der Waals surface area (Å²) >= 11 is 0. The van der Waals surface area contributed by atoms with E-state index in [0.717, 1.165) is 13.3 Å².